The number of aromatic nitrogens is 2. The molecule has 0 aliphatic carbocycles. The van der Waals surface area contributed by atoms with Crippen molar-refractivity contribution in [1.82, 2.24) is 9.97 Å². The van der Waals surface area contributed by atoms with Crippen molar-refractivity contribution in [3.63, 3.8) is 0 Å². The molecule has 2 aromatic rings. The van der Waals surface area contributed by atoms with Crippen LogP contribution in [0.2, 0.25) is 0 Å². The maximum absolute atomic E-state index is 5.82. The van der Waals surface area contributed by atoms with E-state index in [2.05, 4.69) is 16.0 Å². The zero-order valence-corrected chi connectivity index (χ0v) is 10.7. The van der Waals surface area contributed by atoms with Crippen molar-refractivity contribution in [3.8, 4) is 17.0 Å². The Kier molecular flexibility index (Phi) is 3.05. The van der Waals surface area contributed by atoms with Crippen molar-refractivity contribution in [2.75, 3.05) is 19.5 Å². The van der Waals surface area contributed by atoms with Gasteiger partial charge in [-0.25, -0.2) is 9.97 Å². The third kappa shape index (κ3) is 2.24. The molecule has 0 spiro atoms. The lowest BCUT2D eigenvalue weighted by atomic mass is 10.1. The molecule has 0 bridgehead atoms. The van der Waals surface area contributed by atoms with Crippen LogP contribution in [0.15, 0.2) is 24.3 Å². The molecule has 5 heteroatoms. The number of ether oxygens (including phenoxy) is 2. The molecular weight excluding hydrogens is 242 g/mol. The van der Waals surface area contributed by atoms with Gasteiger partial charge in [0.15, 0.2) is 5.82 Å². The Hall–Kier alpha value is -2.14. The van der Waals surface area contributed by atoms with Crippen molar-refractivity contribution in [2.24, 2.45) is 0 Å². The van der Waals surface area contributed by atoms with Crippen molar-refractivity contribution in [2.45, 2.75) is 13.0 Å². The predicted octanol–water partition coefficient (Wildman–Crippen LogP) is 1.81. The van der Waals surface area contributed by atoms with Crippen LogP contribution in [-0.2, 0) is 17.8 Å². The fourth-order valence-corrected chi connectivity index (χ4v) is 2.27. The van der Waals surface area contributed by atoms with E-state index in [4.69, 9.17) is 15.2 Å². The van der Waals surface area contributed by atoms with Crippen LogP contribution in [-0.4, -0.2) is 23.7 Å². The lowest BCUT2D eigenvalue weighted by Crippen LogP contribution is -2.02. The number of methoxy groups -OCH3 is 1. The summed E-state index contributed by atoms with van der Waals surface area (Å²) in [7, 11) is 1.61. The number of benzene rings is 1. The molecule has 2 N–H and O–H groups in total. The summed E-state index contributed by atoms with van der Waals surface area (Å²) in [5.74, 6) is 1.92. The SMILES string of the molecule is COCc1nc(N)cc(-c2cccc3c2OCC3)n1. The Bertz CT molecular complexity index is 614. The summed E-state index contributed by atoms with van der Waals surface area (Å²) in [5.41, 5.74) is 8.77. The quantitative estimate of drug-likeness (QED) is 0.908. The summed E-state index contributed by atoms with van der Waals surface area (Å²) < 4.78 is 10.7. The van der Waals surface area contributed by atoms with E-state index < -0.39 is 0 Å². The van der Waals surface area contributed by atoms with Crippen LogP contribution in [0.5, 0.6) is 5.75 Å². The number of nitrogens with two attached hydrogens (primary N) is 1. The van der Waals surface area contributed by atoms with Crippen molar-refractivity contribution in [1.29, 1.82) is 0 Å². The van der Waals surface area contributed by atoms with E-state index in [9.17, 15) is 0 Å². The van der Waals surface area contributed by atoms with E-state index in [0.29, 0.717) is 18.2 Å². The van der Waals surface area contributed by atoms with Gasteiger partial charge in [0.1, 0.15) is 18.2 Å². The first-order valence-electron chi connectivity index (χ1n) is 6.15. The minimum atomic E-state index is 0.341. The summed E-state index contributed by atoms with van der Waals surface area (Å²) in [6, 6.07) is 7.84. The number of rotatable bonds is 3. The molecule has 0 saturated carbocycles. The van der Waals surface area contributed by atoms with E-state index >= 15 is 0 Å². The van der Waals surface area contributed by atoms with E-state index in [0.717, 1.165) is 30.0 Å². The zero-order valence-electron chi connectivity index (χ0n) is 10.7. The number of hydrogen-bond acceptors (Lipinski definition) is 5. The highest BCUT2D eigenvalue weighted by molar-refractivity contribution is 5.71. The molecule has 1 aliphatic heterocycles. The minimum Gasteiger partial charge on any atom is -0.492 e. The number of nitrogens with zero attached hydrogens (tertiary/aromatic N) is 2. The van der Waals surface area contributed by atoms with Crippen LogP contribution in [0.25, 0.3) is 11.3 Å². The molecule has 0 amide bonds. The van der Waals surface area contributed by atoms with E-state index in [-0.39, 0.29) is 0 Å². The number of fused-ring (bicyclic) bond motifs is 1. The number of nitrogen functional groups attached to an aromatic ring is 1. The summed E-state index contributed by atoms with van der Waals surface area (Å²) >= 11 is 0. The summed E-state index contributed by atoms with van der Waals surface area (Å²) in [5, 5.41) is 0. The van der Waals surface area contributed by atoms with Crippen LogP contribution >= 0.6 is 0 Å². The third-order valence-corrected chi connectivity index (χ3v) is 3.06. The normalized spacial score (nSPS) is 13.1. The highest BCUT2D eigenvalue weighted by atomic mass is 16.5. The molecule has 0 fully saturated rings. The Morgan fingerprint density at radius 2 is 2.26 bits per heavy atom. The predicted molar refractivity (Wildman–Crippen MR) is 71.8 cm³/mol. The number of para-hydroxylation sites is 1. The van der Waals surface area contributed by atoms with Gasteiger partial charge in [-0.05, 0) is 11.6 Å². The standard InChI is InChI=1S/C14H15N3O2/c1-18-8-13-16-11(7-12(15)17-13)10-4-2-3-9-5-6-19-14(9)10/h2-4,7H,5-6,8H2,1H3,(H2,15,16,17). The van der Waals surface area contributed by atoms with Gasteiger partial charge < -0.3 is 15.2 Å². The van der Waals surface area contributed by atoms with Gasteiger partial charge in [0.25, 0.3) is 0 Å². The van der Waals surface area contributed by atoms with Crippen LogP contribution in [0.4, 0.5) is 5.82 Å². The van der Waals surface area contributed by atoms with Crippen LogP contribution < -0.4 is 10.5 Å². The Morgan fingerprint density at radius 1 is 1.37 bits per heavy atom. The molecule has 0 radical (unpaired) electrons. The molecular formula is C14H15N3O2. The van der Waals surface area contributed by atoms with Gasteiger partial charge >= 0.3 is 0 Å². The molecule has 98 valence electrons. The van der Waals surface area contributed by atoms with E-state index in [1.54, 1.807) is 13.2 Å². The molecule has 19 heavy (non-hydrogen) atoms. The second kappa shape index (κ2) is 4.85. The average Bonchev–Trinajstić information content (AvgIpc) is 2.86. The lowest BCUT2D eigenvalue weighted by Gasteiger charge is -2.09. The third-order valence-electron chi connectivity index (χ3n) is 3.06. The molecule has 1 aliphatic rings. The van der Waals surface area contributed by atoms with Crippen LogP contribution in [0, 0.1) is 0 Å². The maximum atomic E-state index is 5.82. The molecule has 0 unspecified atom stereocenters. The largest absolute Gasteiger partial charge is 0.492 e. The molecule has 1 aromatic carbocycles. The Balaban J connectivity index is 2.09. The first kappa shape index (κ1) is 11.9. The zero-order chi connectivity index (χ0) is 13.2. The highest BCUT2D eigenvalue weighted by Crippen LogP contribution is 2.36. The average molecular weight is 257 g/mol. The summed E-state index contributed by atoms with van der Waals surface area (Å²) in [6.07, 6.45) is 0.939. The topological polar surface area (TPSA) is 70.3 Å². The molecule has 3 rings (SSSR count). The van der Waals surface area contributed by atoms with E-state index in [1.807, 2.05) is 12.1 Å². The molecule has 1 aromatic heterocycles. The second-order valence-electron chi connectivity index (χ2n) is 4.42. The maximum Gasteiger partial charge on any atom is 0.157 e. The van der Waals surface area contributed by atoms with Gasteiger partial charge in [-0.2, -0.15) is 0 Å². The fraction of sp³-hybridized carbons (Fsp3) is 0.286. The first-order valence-corrected chi connectivity index (χ1v) is 6.15. The fourth-order valence-electron chi connectivity index (χ4n) is 2.27. The van der Waals surface area contributed by atoms with Gasteiger partial charge in [0.05, 0.1) is 12.3 Å². The smallest absolute Gasteiger partial charge is 0.157 e. The van der Waals surface area contributed by atoms with Crippen LogP contribution in [0.1, 0.15) is 11.4 Å². The Labute approximate surface area is 111 Å². The van der Waals surface area contributed by atoms with Crippen molar-refractivity contribution >= 4 is 5.82 Å². The molecule has 0 saturated heterocycles. The molecule has 5 nitrogen and oxygen atoms in total. The molecule has 0 atom stereocenters. The van der Waals surface area contributed by atoms with Gasteiger partial charge in [-0.1, -0.05) is 12.1 Å². The van der Waals surface area contributed by atoms with Gasteiger partial charge in [0, 0.05) is 25.2 Å². The Morgan fingerprint density at radius 3 is 3.11 bits per heavy atom. The van der Waals surface area contributed by atoms with Gasteiger partial charge in [0.2, 0.25) is 0 Å². The summed E-state index contributed by atoms with van der Waals surface area (Å²) in [6.45, 7) is 1.06. The van der Waals surface area contributed by atoms with Gasteiger partial charge in [-0.3, -0.25) is 0 Å². The summed E-state index contributed by atoms with van der Waals surface area (Å²) in [4.78, 5) is 8.62. The van der Waals surface area contributed by atoms with Crippen molar-refractivity contribution in [3.05, 3.63) is 35.7 Å². The first-order chi connectivity index (χ1) is 9.28. The lowest BCUT2D eigenvalue weighted by molar-refractivity contribution is 0.178. The van der Waals surface area contributed by atoms with Gasteiger partial charge in [-0.15, -0.1) is 0 Å². The van der Waals surface area contributed by atoms with Crippen LogP contribution in [0.3, 0.4) is 0 Å². The minimum absolute atomic E-state index is 0.341. The number of hydrogen-bond donors (Lipinski definition) is 1. The monoisotopic (exact) mass is 257 g/mol. The van der Waals surface area contributed by atoms with E-state index in [1.165, 1.54) is 5.56 Å². The molecule has 2 heterocycles. The van der Waals surface area contributed by atoms with Crippen molar-refractivity contribution < 1.29 is 9.47 Å². The number of anilines is 1. The highest BCUT2D eigenvalue weighted by Gasteiger charge is 2.18. The second-order valence-corrected chi connectivity index (χ2v) is 4.42.